The van der Waals surface area contributed by atoms with Crippen LogP contribution in [-0.2, 0) is 17.6 Å². The average molecular weight is 378 g/mol. The fourth-order valence-electron chi connectivity index (χ4n) is 3.00. The summed E-state index contributed by atoms with van der Waals surface area (Å²) < 4.78 is 13.2. The van der Waals surface area contributed by atoms with Crippen molar-refractivity contribution in [2.75, 3.05) is 5.32 Å². The van der Waals surface area contributed by atoms with Crippen molar-refractivity contribution in [3.8, 4) is 0 Å². The summed E-state index contributed by atoms with van der Waals surface area (Å²) >= 11 is 0. The summed E-state index contributed by atoms with van der Waals surface area (Å²) in [6.07, 6.45) is 6.60. The van der Waals surface area contributed by atoms with E-state index >= 15 is 0 Å². The summed E-state index contributed by atoms with van der Waals surface area (Å²) in [7, 11) is 0. The Morgan fingerprint density at radius 2 is 1.86 bits per heavy atom. The molecule has 6 heteroatoms. The normalized spacial score (nSPS) is 11.8. The second-order valence-electron chi connectivity index (χ2n) is 6.77. The van der Waals surface area contributed by atoms with Crippen molar-refractivity contribution < 1.29 is 9.18 Å². The van der Waals surface area contributed by atoms with Gasteiger partial charge in [0, 0.05) is 48.5 Å². The first-order chi connectivity index (χ1) is 13.5. The highest BCUT2D eigenvalue weighted by molar-refractivity contribution is 5.90. The first-order valence-electron chi connectivity index (χ1n) is 9.33. The number of hydrogen-bond donors (Lipinski definition) is 1. The zero-order valence-corrected chi connectivity index (χ0v) is 16.0. The van der Waals surface area contributed by atoms with E-state index in [1.807, 2.05) is 19.1 Å². The first kappa shape index (κ1) is 19.6. The molecule has 5 nitrogen and oxygen atoms in total. The molecule has 0 fully saturated rings. The van der Waals surface area contributed by atoms with Gasteiger partial charge in [0.05, 0.1) is 5.69 Å². The number of nitrogens with one attached hydrogen (secondary N) is 1. The SMILES string of the molecule is CCC(=O)Nc1cc(Cc2cnccn2)nc(C[C@@H](C)c2ccc(F)cc2)c1. The van der Waals surface area contributed by atoms with Crippen LogP contribution in [0.2, 0.25) is 0 Å². The lowest BCUT2D eigenvalue weighted by atomic mass is 9.95. The second kappa shape index (κ2) is 9.17. The van der Waals surface area contributed by atoms with Gasteiger partial charge in [-0.1, -0.05) is 26.0 Å². The fraction of sp³-hybridized carbons (Fsp3) is 0.273. The van der Waals surface area contributed by atoms with Crippen LogP contribution in [0.1, 0.15) is 48.8 Å². The number of pyridine rings is 1. The number of anilines is 1. The van der Waals surface area contributed by atoms with Gasteiger partial charge in [-0.3, -0.25) is 19.7 Å². The fourth-order valence-corrected chi connectivity index (χ4v) is 3.00. The Hall–Kier alpha value is -3.15. The molecule has 2 aromatic heterocycles. The lowest BCUT2D eigenvalue weighted by Gasteiger charge is -2.14. The minimum absolute atomic E-state index is 0.0471. The van der Waals surface area contributed by atoms with Gasteiger partial charge in [0.25, 0.3) is 0 Å². The molecule has 0 unspecified atom stereocenters. The largest absolute Gasteiger partial charge is 0.326 e. The Morgan fingerprint density at radius 3 is 2.54 bits per heavy atom. The molecular formula is C22H23FN4O. The second-order valence-corrected chi connectivity index (χ2v) is 6.77. The molecule has 0 saturated heterocycles. The number of benzene rings is 1. The highest BCUT2D eigenvalue weighted by Crippen LogP contribution is 2.23. The number of amides is 1. The van der Waals surface area contributed by atoms with E-state index < -0.39 is 0 Å². The van der Waals surface area contributed by atoms with Gasteiger partial charge in [-0.15, -0.1) is 0 Å². The molecule has 1 atom stereocenters. The van der Waals surface area contributed by atoms with Gasteiger partial charge in [-0.25, -0.2) is 4.39 Å². The van der Waals surface area contributed by atoms with Crippen molar-refractivity contribution in [1.29, 1.82) is 0 Å². The van der Waals surface area contributed by atoms with E-state index in [-0.39, 0.29) is 17.6 Å². The van der Waals surface area contributed by atoms with Crippen molar-refractivity contribution in [2.24, 2.45) is 0 Å². The number of carbonyl (C=O) groups is 1. The van der Waals surface area contributed by atoms with Crippen LogP contribution in [0.25, 0.3) is 0 Å². The van der Waals surface area contributed by atoms with Crippen molar-refractivity contribution in [2.45, 2.75) is 39.0 Å². The molecule has 0 aliphatic rings. The summed E-state index contributed by atoms with van der Waals surface area (Å²) in [5.74, 6) is -0.131. The monoisotopic (exact) mass is 378 g/mol. The Labute approximate surface area is 164 Å². The van der Waals surface area contributed by atoms with E-state index in [1.54, 1.807) is 30.7 Å². The van der Waals surface area contributed by atoms with E-state index in [4.69, 9.17) is 4.98 Å². The Morgan fingerprint density at radius 1 is 1.11 bits per heavy atom. The minimum atomic E-state index is -0.246. The summed E-state index contributed by atoms with van der Waals surface area (Å²) in [6.45, 7) is 3.89. The van der Waals surface area contributed by atoms with Crippen LogP contribution < -0.4 is 5.32 Å². The molecule has 0 saturated carbocycles. The van der Waals surface area contributed by atoms with E-state index in [1.165, 1.54) is 12.1 Å². The molecule has 0 aliphatic carbocycles. The smallest absolute Gasteiger partial charge is 0.224 e. The maximum Gasteiger partial charge on any atom is 0.224 e. The molecule has 144 valence electrons. The van der Waals surface area contributed by atoms with Crippen LogP contribution in [0.5, 0.6) is 0 Å². The molecular weight excluding hydrogens is 355 g/mol. The molecule has 28 heavy (non-hydrogen) atoms. The van der Waals surface area contributed by atoms with E-state index in [9.17, 15) is 9.18 Å². The zero-order valence-electron chi connectivity index (χ0n) is 16.0. The van der Waals surface area contributed by atoms with Gasteiger partial charge in [-0.05, 0) is 42.2 Å². The average Bonchev–Trinajstić information content (AvgIpc) is 2.69. The number of nitrogens with zero attached hydrogens (tertiary/aromatic N) is 3. The van der Waals surface area contributed by atoms with Crippen LogP contribution in [0.15, 0.2) is 55.0 Å². The van der Waals surface area contributed by atoms with Gasteiger partial charge in [0.15, 0.2) is 0 Å². The Balaban J connectivity index is 1.85. The Bertz CT molecular complexity index is 929. The van der Waals surface area contributed by atoms with Crippen LogP contribution in [0.4, 0.5) is 10.1 Å². The molecule has 0 radical (unpaired) electrons. The lowest BCUT2D eigenvalue weighted by Crippen LogP contribution is -2.12. The predicted octanol–water partition coefficient (Wildman–Crippen LogP) is 4.30. The van der Waals surface area contributed by atoms with Crippen molar-refractivity contribution in [3.63, 3.8) is 0 Å². The molecule has 3 rings (SSSR count). The molecule has 2 heterocycles. The molecule has 3 aromatic rings. The van der Waals surface area contributed by atoms with Crippen LogP contribution in [0, 0.1) is 5.82 Å². The first-order valence-corrected chi connectivity index (χ1v) is 9.33. The van der Waals surface area contributed by atoms with Gasteiger partial charge in [0.1, 0.15) is 5.82 Å². The van der Waals surface area contributed by atoms with Crippen LogP contribution in [0.3, 0.4) is 0 Å². The minimum Gasteiger partial charge on any atom is -0.326 e. The number of hydrogen-bond acceptors (Lipinski definition) is 4. The molecule has 1 amide bonds. The third-order valence-corrected chi connectivity index (χ3v) is 4.47. The number of halogens is 1. The van der Waals surface area contributed by atoms with Crippen molar-refractivity contribution in [1.82, 2.24) is 15.0 Å². The maximum atomic E-state index is 13.2. The predicted molar refractivity (Wildman–Crippen MR) is 107 cm³/mol. The summed E-state index contributed by atoms with van der Waals surface area (Å²) in [6, 6.07) is 10.3. The summed E-state index contributed by atoms with van der Waals surface area (Å²) in [5, 5.41) is 2.91. The lowest BCUT2D eigenvalue weighted by molar-refractivity contribution is -0.115. The Kier molecular flexibility index (Phi) is 6.42. The molecule has 1 N–H and O–H groups in total. The molecule has 0 spiro atoms. The van der Waals surface area contributed by atoms with E-state index in [0.717, 1.165) is 28.3 Å². The maximum absolute atomic E-state index is 13.2. The van der Waals surface area contributed by atoms with Gasteiger partial charge < -0.3 is 5.32 Å². The summed E-state index contributed by atoms with van der Waals surface area (Å²) in [5.41, 5.74) is 4.26. The van der Waals surface area contributed by atoms with Crippen LogP contribution >= 0.6 is 0 Å². The third kappa shape index (κ3) is 5.42. The number of carbonyl (C=O) groups excluding carboxylic acids is 1. The third-order valence-electron chi connectivity index (χ3n) is 4.47. The van der Waals surface area contributed by atoms with Crippen molar-refractivity contribution in [3.05, 3.63) is 83.5 Å². The molecule has 0 aliphatic heterocycles. The molecule has 0 bridgehead atoms. The van der Waals surface area contributed by atoms with E-state index in [0.29, 0.717) is 19.3 Å². The number of aromatic nitrogens is 3. The number of rotatable bonds is 7. The highest BCUT2D eigenvalue weighted by Gasteiger charge is 2.12. The zero-order chi connectivity index (χ0) is 19.9. The summed E-state index contributed by atoms with van der Waals surface area (Å²) in [4.78, 5) is 25.0. The molecule has 1 aromatic carbocycles. The van der Waals surface area contributed by atoms with E-state index in [2.05, 4.69) is 22.2 Å². The quantitative estimate of drug-likeness (QED) is 0.666. The standard InChI is InChI=1S/C22H23FN4O/c1-3-22(28)27-20-11-18(10-15(2)16-4-6-17(23)7-5-16)26-19(12-20)13-21-14-24-8-9-25-21/h4-9,11-12,14-15H,3,10,13H2,1-2H3,(H,26,27,28)/t15-/m1/s1. The van der Waals surface area contributed by atoms with Crippen molar-refractivity contribution >= 4 is 11.6 Å². The van der Waals surface area contributed by atoms with Gasteiger partial charge in [0.2, 0.25) is 5.91 Å². The van der Waals surface area contributed by atoms with Gasteiger partial charge in [-0.2, -0.15) is 0 Å². The highest BCUT2D eigenvalue weighted by atomic mass is 19.1. The van der Waals surface area contributed by atoms with Crippen LogP contribution in [-0.4, -0.2) is 20.9 Å². The topological polar surface area (TPSA) is 67.8 Å². The van der Waals surface area contributed by atoms with Gasteiger partial charge >= 0.3 is 0 Å².